The lowest BCUT2D eigenvalue weighted by atomic mass is 9.93. The van der Waals surface area contributed by atoms with Crippen LogP contribution < -0.4 is 5.32 Å². The summed E-state index contributed by atoms with van der Waals surface area (Å²) in [6, 6.07) is 10.5. The molecular formula is C27H36N4O3. The molecule has 1 aromatic heterocycles. The molecule has 182 valence electrons. The zero-order valence-corrected chi connectivity index (χ0v) is 20.0. The van der Waals surface area contributed by atoms with Gasteiger partial charge in [0.25, 0.3) is 5.91 Å². The summed E-state index contributed by atoms with van der Waals surface area (Å²) in [7, 11) is 0. The van der Waals surface area contributed by atoms with Crippen molar-refractivity contribution in [2.75, 3.05) is 13.1 Å². The van der Waals surface area contributed by atoms with E-state index in [1.807, 2.05) is 27.7 Å². The Morgan fingerprint density at radius 3 is 2.38 bits per heavy atom. The predicted octanol–water partition coefficient (Wildman–Crippen LogP) is 4.24. The van der Waals surface area contributed by atoms with Crippen molar-refractivity contribution in [2.45, 2.75) is 83.1 Å². The molecule has 2 aromatic rings. The van der Waals surface area contributed by atoms with E-state index in [4.69, 9.17) is 4.74 Å². The van der Waals surface area contributed by atoms with Crippen LogP contribution in [0.1, 0.15) is 85.6 Å². The van der Waals surface area contributed by atoms with Crippen molar-refractivity contribution in [1.29, 1.82) is 0 Å². The van der Waals surface area contributed by atoms with Gasteiger partial charge in [-0.1, -0.05) is 62.4 Å². The number of aromatic nitrogens is 2. The van der Waals surface area contributed by atoms with Gasteiger partial charge in [0, 0.05) is 25.0 Å². The Morgan fingerprint density at radius 1 is 0.941 bits per heavy atom. The number of ether oxygens (including phenoxy) is 1. The monoisotopic (exact) mass is 464 g/mol. The number of likely N-dealkylation sites (tertiary alicyclic amines) is 1. The number of rotatable bonds is 4. The number of carbonyl (C=O) groups is 2. The van der Waals surface area contributed by atoms with Crippen LogP contribution in [-0.4, -0.2) is 45.4 Å². The maximum absolute atomic E-state index is 13.2. The average Bonchev–Trinajstić information content (AvgIpc) is 3.29. The van der Waals surface area contributed by atoms with Crippen molar-refractivity contribution in [3.05, 3.63) is 53.6 Å². The van der Waals surface area contributed by atoms with Crippen LogP contribution in [0, 0.1) is 5.92 Å². The second-order valence-corrected chi connectivity index (χ2v) is 10.0. The van der Waals surface area contributed by atoms with E-state index in [1.54, 1.807) is 6.33 Å². The quantitative estimate of drug-likeness (QED) is 0.734. The lowest BCUT2D eigenvalue weighted by Gasteiger charge is -2.32. The van der Waals surface area contributed by atoms with Crippen molar-refractivity contribution < 1.29 is 14.3 Å². The Balaban J connectivity index is 1.15. The molecule has 5 rings (SSSR count). The number of piperidine rings is 1. The highest BCUT2D eigenvalue weighted by Crippen LogP contribution is 2.29. The third-order valence-electron chi connectivity index (χ3n) is 7.71. The molecule has 2 amide bonds. The van der Waals surface area contributed by atoms with E-state index >= 15 is 0 Å². The smallest absolute Gasteiger partial charge is 0.274 e. The Morgan fingerprint density at radius 2 is 1.65 bits per heavy atom. The van der Waals surface area contributed by atoms with Gasteiger partial charge in [-0.2, -0.15) is 0 Å². The molecule has 1 saturated carbocycles. The normalized spacial score (nSPS) is 22.5. The van der Waals surface area contributed by atoms with Gasteiger partial charge in [0.15, 0.2) is 5.69 Å². The van der Waals surface area contributed by atoms with Gasteiger partial charge < -0.3 is 19.5 Å². The summed E-state index contributed by atoms with van der Waals surface area (Å²) in [4.78, 5) is 32.4. The van der Waals surface area contributed by atoms with Crippen LogP contribution in [0.25, 0.3) is 0 Å². The number of nitrogens with one attached hydrogen (secondary N) is 1. The number of hydrogen-bond acceptors (Lipinski definition) is 4. The average molecular weight is 465 g/mol. The number of amides is 2. The SMILES string of the molecule is O=C(NC1CCCCCCC1)C1CCN(C(=O)c2ncn3c2COC(c2ccccc2)C3)CC1. The second-order valence-electron chi connectivity index (χ2n) is 10.0. The Hall–Kier alpha value is -2.67. The van der Waals surface area contributed by atoms with Crippen LogP contribution >= 0.6 is 0 Å². The zero-order chi connectivity index (χ0) is 23.3. The first-order chi connectivity index (χ1) is 16.7. The van der Waals surface area contributed by atoms with Crippen LogP contribution in [-0.2, 0) is 22.7 Å². The second kappa shape index (κ2) is 10.7. The van der Waals surface area contributed by atoms with Gasteiger partial charge in [0.2, 0.25) is 5.91 Å². The minimum atomic E-state index is -0.0469. The van der Waals surface area contributed by atoms with Crippen molar-refractivity contribution in [3.63, 3.8) is 0 Å². The maximum Gasteiger partial charge on any atom is 0.274 e. The number of benzene rings is 1. The summed E-state index contributed by atoms with van der Waals surface area (Å²) in [6.45, 7) is 2.23. The molecule has 0 spiro atoms. The van der Waals surface area contributed by atoms with Crippen LogP contribution in [0.15, 0.2) is 36.7 Å². The molecule has 1 aromatic carbocycles. The third-order valence-corrected chi connectivity index (χ3v) is 7.71. The van der Waals surface area contributed by atoms with E-state index in [2.05, 4.69) is 22.4 Å². The minimum Gasteiger partial charge on any atom is -0.365 e. The van der Waals surface area contributed by atoms with Crippen molar-refractivity contribution in [3.8, 4) is 0 Å². The van der Waals surface area contributed by atoms with Crippen molar-refractivity contribution in [1.82, 2.24) is 19.8 Å². The number of imidazole rings is 1. The standard InChI is InChI=1S/C27H36N4O3/c32-26(29-22-11-7-2-1-3-8-12-22)21-13-15-30(16-14-21)27(33)25-23-18-34-24(17-31(23)19-28-25)20-9-5-4-6-10-20/h4-6,9-10,19,21-22,24H,1-3,7-8,11-18H2,(H,29,32). The van der Waals surface area contributed by atoms with E-state index in [1.165, 1.54) is 32.1 Å². The van der Waals surface area contributed by atoms with E-state index in [-0.39, 0.29) is 23.8 Å². The van der Waals surface area contributed by atoms with Gasteiger partial charge in [-0.15, -0.1) is 0 Å². The lowest BCUT2D eigenvalue weighted by molar-refractivity contribution is -0.127. The molecule has 2 fully saturated rings. The first kappa shape index (κ1) is 23.1. The fraction of sp³-hybridized carbons (Fsp3) is 0.593. The molecule has 1 aliphatic carbocycles. The Kier molecular flexibility index (Phi) is 7.28. The fourth-order valence-corrected chi connectivity index (χ4v) is 5.59. The minimum absolute atomic E-state index is 0.000339. The third kappa shape index (κ3) is 5.19. The summed E-state index contributed by atoms with van der Waals surface area (Å²) >= 11 is 0. The molecular weight excluding hydrogens is 428 g/mol. The van der Waals surface area contributed by atoms with Crippen LogP contribution in [0.3, 0.4) is 0 Å². The summed E-state index contributed by atoms with van der Waals surface area (Å²) in [5, 5.41) is 3.31. The molecule has 34 heavy (non-hydrogen) atoms. The van der Waals surface area contributed by atoms with E-state index in [0.717, 1.165) is 24.1 Å². The molecule has 3 aliphatic rings. The van der Waals surface area contributed by atoms with E-state index in [0.29, 0.717) is 50.8 Å². The van der Waals surface area contributed by atoms with Crippen LogP contribution in [0.4, 0.5) is 0 Å². The first-order valence-corrected chi connectivity index (χ1v) is 13.0. The Labute approximate surface area is 201 Å². The largest absolute Gasteiger partial charge is 0.365 e. The predicted molar refractivity (Wildman–Crippen MR) is 129 cm³/mol. The highest BCUT2D eigenvalue weighted by Gasteiger charge is 2.32. The highest BCUT2D eigenvalue weighted by atomic mass is 16.5. The topological polar surface area (TPSA) is 76.5 Å². The molecule has 3 heterocycles. The molecule has 2 aliphatic heterocycles. The number of fused-ring (bicyclic) bond motifs is 1. The molecule has 1 saturated heterocycles. The van der Waals surface area contributed by atoms with Gasteiger partial charge in [-0.05, 0) is 31.2 Å². The molecule has 7 heteroatoms. The Bertz CT molecular complexity index is 973. The summed E-state index contributed by atoms with van der Waals surface area (Å²) in [5.41, 5.74) is 2.47. The van der Waals surface area contributed by atoms with Gasteiger partial charge in [-0.3, -0.25) is 9.59 Å². The number of carbonyl (C=O) groups excluding carboxylic acids is 2. The van der Waals surface area contributed by atoms with Crippen LogP contribution in [0.2, 0.25) is 0 Å². The molecule has 7 nitrogen and oxygen atoms in total. The van der Waals surface area contributed by atoms with Gasteiger partial charge in [-0.25, -0.2) is 4.98 Å². The van der Waals surface area contributed by atoms with Crippen LogP contribution in [0.5, 0.6) is 0 Å². The summed E-state index contributed by atoms with van der Waals surface area (Å²) < 4.78 is 8.13. The van der Waals surface area contributed by atoms with Crippen molar-refractivity contribution >= 4 is 11.8 Å². The van der Waals surface area contributed by atoms with Gasteiger partial charge in [0.1, 0.15) is 6.10 Å². The summed E-state index contributed by atoms with van der Waals surface area (Å²) in [5.74, 6) is 0.132. The number of nitrogens with zero attached hydrogens (tertiary/aromatic N) is 3. The zero-order valence-electron chi connectivity index (χ0n) is 20.0. The molecule has 1 atom stereocenters. The van der Waals surface area contributed by atoms with Gasteiger partial charge >= 0.3 is 0 Å². The first-order valence-electron chi connectivity index (χ1n) is 13.0. The molecule has 1 unspecified atom stereocenters. The fourth-order valence-electron chi connectivity index (χ4n) is 5.59. The highest BCUT2D eigenvalue weighted by molar-refractivity contribution is 5.93. The maximum atomic E-state index is 13.2. The summed E-state index contributed by atoms with van der Waals surface area (Å²) in [6.07, 6.45) is 11.7. The lowest BCUT2D eigenvalue weighted by Crippen LogP contribution is -2.45. The van der Waals surface area contributed by atoms with E-state index < -0.39 is 0 Å². The molecule has 0 bridgehead atoms. The van der Waals surface area contributed by atoms with Gasteiger partial charge in [0.05, 0.1) is 25.2 Å². The van der Waals surface area contributed by atoms with E-state index in [9.17, 15) is 9.59 Å². The molecule has 1 N–H and O–H groups in total. The number of hydrogen-bond donors (Lipinski definition) is 1. The van der Waals surface area contributed by atoms with Crippen molar-refractivity contribution in [2.24, 2.45) is 5.92 Å². The molecule has 0 radical (unpaired) electrons.